The zero-order chi connectivity index (χ0) is 22.3. The molecule has 3 saturated heterocycles. The van der Waals surface area contributed by atoms with Crippen LogP contribution in [0.1, 0.15) is 25.7 Å². The first-order valence-electron chi connectivity index (χ1n) is 10.4. The average molecular weight is 447 g/mol. The number of aliphatic carboxylic acids is 1. The lowest BCUT2D eigenvalue weighted by Gasteiger charge is -2.50. The topological polar surface area (TPSA) is 94.0 Å². The third-order valence-corrected chi connectivity index (χ3v) is 5.90. The van der Waals surface area contributed by atoms with Crippen LogP contribution >= 0.6 is 0 Å². The number of rotatable bonds is 6. The molecule has 1 aromatic rings. The van der Waals surface area contributed by atoms with Crippen LogP contribution in [0.2, 0.25) is 0 Å². The van der Waals surface area contributed by atoms with Crippen molar-refractivity contribution in [2.45, 2.75) is 37.5 Å². The fraction of sp³-hybridized carbons (Fsp3) is 0.750. The van der Waals surface area contributed by atoms with Crippen LogP contribution in [-0.4, -0.2) is 78.9 Å². The van der Waals surface area contributed by atoms with E-state index in [1.165, 1.54) is 0 Å². The van der Waals surface area contributed by atoms with Crippen LogP contribution in [0.15, 0.2) is 18.5 Å². The van der Waals surface area contributed by atoms with Crippen molar-refractivity contribution in [3.63, 3.8) is 0 Å². The van der Waals surface area contributed by atoms with E-state index in [-0.39, 0.29) is 5.60 Å². The van der Waals surface area contributed by atoms with Crippen LogP contribution in [-0.2, 0) is 19.0 Å². The Morgan fingerprint density at radius 2 is 1.84 bits per heavy atom. The molecule has 4 rings (SSSR count). The molecule has 3 fully saturated rings. The first-order chi connectivity index (χ1) is 14.8. The average Bonchev–Trinajstić information content (AvgIpc) is 3.15. The first kappa shape index (κ1) is 23.7. The molecule has 1 N–H and O–H groups in total. The second-order valence-corrected chi connectivity index (χ2v) is 8.03. The van der Waals surface area contributed by atoms with Gasteiger partial charge in [0.25, 0.3) is 0 Å². The summed E-state index contributed by atoms with van der Waals surface area (Å²) in [6.07, 6.45) is 3.02. The molecule has 0 saturated carbocycles. The largest absolute Gasteiger partial charge is 0.490 e. The lowest BCUT2D eigenvalue weighted by molar-refractivity contribution is -0.192. The number of halogens is 3. The molecular formula is C20H28F3N3O5. The van der Waals surface area contributed by atoms with Crippen LogP contribution in [0.3, 0.4) is 0 Å². The number of carbonyl (C=O) groups is 1. The number of alkyl halides is 3. The van der Waals surface area contributed by atoms with Gasteiger partial charge in [0.05, 0.1) is 13.1 Å². The van der Waals surface area contributed by atoms with E-state index in [9.17, 15) is 13.2 Å². The highest BCUT2D eigenvalue weighted by Gasteiger charge is 2.53. The maximum absolute atomic E-state index is 10.6. The second kappa shape index (κ2) is 10.6. The Hall–Kier alpha value is -1.98. The lowest BCUT2D eigenvalue weighted by atomic mass is 9.79. The molecule has 11 heteroatoms. The van der Waals surface area contributed by atoms with E-state index < -0.39 is 12.1 Å². The minimum Gasteiger partial charge on any atom is -0.475 e. The Labute approximate surface area is 178 Å². The summed E-state index contributed by atoms with van der Waals surface area (Å²) in [5.74, 6) is -0.672. The van der Waals surface area contributed by atoms with Crippen LogP contribution in [0.4, 0.5) is 19.1 Å². The molecule has 4 heterocycles. The van der Waals surface area contributed by atoms with E-state index in [0.717, 1.165) is 77.8 Å². The standard InChI is InChI=1S/C18H27N3O3.C2HF3O2/c1-6-19-17(20-7-1)21-13-18(14-21)16(5-11-24-18)4-10-23-12-15-2-8-22-9-3-15;3-2(4,5)1(6)7/h1,6-7,15-16H,2-5,8-14H2;(H,6,7). The van der Waals surface area contributed by atoms with E-state index in [0.29, 0.717) is 11.8 Å². The Bertz CT molecular complexity index is 695. The number of ether oxygens (including phenoxy) is 3. The molecule has 0 amide bonds. The molecule has 0 aliphatic carbocycles. The smallest absolute Gasteiger partial charge is 0.475 e. The monoisotopic (exact) mass is 447 g/mol. The van der Waals surface area contributed by atoms with Crippen LogP contribution in [0.5, 0.6) is 0 Å². The van der Waals surface area contributed by atoms with E-state index in [4.69, 9.17) is 24.1 Å². The van der Waals surface area contributed by atoms with Crippen LogP contribution in [0.25, 0.3) is 0 Å². The predicted molar refractivity (Wildman–Crippen MR) is 104 cm³/mol. The summed E-state index contributed by atoms with van der Waals surface area (Å²) in [6, 6.07) is 1.85. The molecular weight excluding hydrogens is 419 g/mol. The third kappa shape index (κ3) is 6.50. The number of aromatic nitrogens is 2. The van der Waals surface area contributed by atoms with Gasteiger partial charge in [0.2, 0.25) is 5.95 Å². The Kier molecular flexibility index (Phi) is 8.06. The van der Waals surface area contributed by atoms with Gasteiger partial charge in [0.15, 0.2) is 0 Å². The molecule has 1 unspecified atom stereocenters. The number of carboxylic acids is 1. The van der Waals surface area contributed by atoms with Crippen molar-refractivity contribution in [2.75, 3.05) is 51.0 Å². The Morgan fingerprint density at radius 1 is 1.19 bits per heavy atom. The molecule has 1 aromatic heterocycles. The van der Waals surface area contributed by atoms with Crippen LogP contribution < -0.4 is 4.90 Å². The summed E-state index contributed by atoms with van der Waals surface area (Å²) >= 11 is 0. The summed E-state index contributed by atoms with van der Waals surface area (Å²) < 4.78 is 49.2. The summed E-state index contributed by atoms with van der Waals surface area (Å²) in [6.45, 7) is 6.19. The van der Waals surface area contributed by atoms with Gasteiger partial charge in [-0.2, -0.15) is 13.2 Å². The highest BCUT2D eigenvalue weighted by Crippen LogP contribution is 2.42. The summed E-state index contributed by atoms with van der Waals surface area (Å²) in [5.41, 5.74) is 0.00123. The van der Waals surface area contributed by atoms with Gasteiger partial charge in [0.1, 0.15) is 5.60 Å². The molecule has 1 spiro atoms. The molecule has 0 bridgehead atoms. The van der Waals surface area contributed by atoms with Crippen molar-refractivity contribution >= 4 is 11.9 Å². The van der Waals surface area contributed by atoms with Gasteiger partial charge in [-0.3, -0.25) is 0 Å². The van der Waals surface area contributed by atoms with Gasteiger partial charge in [0, 0.05) is 45.4 Å². The molecule has 3 aliphatic rings. The maximum Gasteiger partial charge on any atom is 0.490 e. The van der Waals surface area contributed by atoms with Gasteiger partial charge >= 0.3 is 12.1 Å². The van der Waals surface area contributed by atoms with Gasteiger partial charge in [-0.15, -0.1) is 0 Å². The van der Waals surface area contributed by atoms with Crippen LogP contribution in [0, 0.1) is 11.8 Å². The van der Waals surface area contributed by atoms with Gasteiger partial charge in [-0.05, 0) is 43.6 Å². The molecule has 1 atom stereocenters. The molecule has 174 valence electrons. The van der Waals surface area contributed by atoms with Crippen molar-refractivity contribution in [2.24, 2.45) is 11.8 Å². The molecule has 0 radical (unpaired) electrons. The lowest BCUT2D eigenvalue weighted by Crippen LogP contribution is -2.65. The van der Waals surface area contributed by atoms with Crippen molar-refractivity contribution < 1.29 is 37.3 Å². The number of anilines is 1. The highest BCUT2D eigenvalue weighted by atomic mass is 19.4. The Morgan fingerprint density at radius 3 is 2.45 bits per heavy atom. The van der Waals surface area contributed by atoms with Gasteiger partial charge < -0.3 is 24.2 Å². The van der Waals surface area contributed by atoms with Crippen molar-refractivity contribution in [3.8, 4) is 0 Å². The highest BCUT2D eigenvalue weighted by molar-refractivity contribution is 5.73. The minimum absolute atomic E-state index is 0.00123. The van der Waals surface area contributed by atoms with E-state index in [1.807, 2.05) is 6.07 Å². The Balaban J connectivity index is 0.000000339. The summed E-state index contributed by atoms with van der Waals surface area (Å²) in [5, 5.41) is 7.12. The predicted octanol–water partition coefficient (Wildman–Crippen LogP) is 2.54. The number of nitrogens with zero attached hydrogens (tertiary/aromatic N) is 3. The fourth-order valence-electron chi connectivity index (χ4n) is 4.13. The quantitative estimate of drug-likeness (QED) is 0.665. The second-order valence-electron chi connectivity index (χ2n) is 8.03. The number of hydrogen-bond acceptors (Lipinski definition) is 7. The van der Waals surface area contributed by atoms with Crippen molar-refractivity contribution in [1.82, 2.24) is 9.97 Å². The zero-order valence-electron chi connectivity index (χ0n) is 17.2. The van der Waals surface area contributed by atoms with Crippen molar-refractivity contribution in [1.29, 1.82) is 0 Å². The zero-order valence-corrected chi connectivity index (χ0v) is 17.2. The summed E-state index contributed by atoms with van der Waals surface area (Å²) in [7, 11) is 0. The SMILES string of the molecule is O=C(O)C(F)(F)F.c1cnc(N2CC3(C2)OCCC3CCOCC2CCOCC2)nc1. The maximum atomic E-state index is 10.6. The van der Waals surface area contributed by atoms with E-state index in [1.54, 1.807) is 12.4 Å². The fourth-order valence-corrected chi connectivity index (χ4v) is 4.13. The third-order valence-electron chi connectivity index (χ3n) is 5.90. The molecule has 8 nitrogen and oxygen atoms in total. The van der Waals surface area contributed by atoms with Gasteiger partial charge in [-0.1, -0.05) is 0 Å². The number of hydrogen-bond donors (Lipinski definition) is 1. The molecule has 31 heavy (non-hydrogen) atoms. The normalized spacial score (nSPS) is 23.2. The number of carboxylic acid groups (broad SMARTS) is 1. The molecule has 0 aromatic carbocycles. The van der Waals surface area contributed by atoms with Crippen molar-refractivity contribution in [3.05, 3.63) is 18.5 Å². The van der Waals surface area contributed by atoms with Gasteiger partial charge in [-0.25, -0.2) is 14.8 Å². The first-order valence-corrected chi connectivity index (χ1v) is 10.4. The minimum atomic E-state index is -5.08. The molecule has 3 aliphatic heterocycles. The summed E-state index contributed by atoms with van der Waals surface area (Å²) in [4.78, 5) is 19.8. The van der Waals surface area contributed by atoms with E-state index >= 15 is 0 Å². The van der Waals surface area contributed by atoms with E-state index in [2.05, 4.69) is 14.9 Å².